The van der Waals surface area contributed by atoms with Gasteiger partial charge in [-0.3, -0.25) is 4.79 Å². The number of hydrogen-bond acceptors (Lipinski definition) is 3. The average molecular weight is 274 g/mol. The Bertz CT molecular complexity index is 603. The second-order valence-electron chi connectivity index (χ2n) is 4.18. The molecule has 0 aliphatic heterocycles. The van der Waals surface area contributed by atoms with Gasteiger partial charge in [0.15, 0.2) is 0 Å². The summed E-state index contributed by atoms with van der Waals surface area (Å²) in [4.78, 5) is 16.3. The minimum Gasteiger partial charge on any atom is -0.393 e. The van der Waals surface area contributed by atoms with Gasteiger partial charge >= 0.3 is 0 Å². The minimum absolute atomic E-state index is 0.193. The number of anilines is 1. The molecule has 5 nitrogen and oxygen atoms in total. The highest BCUT2D eigenvalue weighted by Gasteiger charge is 2.09. The van der Waals surface area contributed by atoms with Crippen molar-refractivity contribution in [2.75, 3.05) is 5.32 Å². The lowest BCUT2D eigenvalue weighted by atomic mass is 10.1. The molecule has 1 heterocycles. The molecular weight excluding hydrogens is 260 g/mol. The quantitative estimate of drug-likeness (QED) is 0.829. The molecule has 0 aliphatic carbocycles. The number of aryl methyl sites for hydroxylation is 1. The number of nitrogens with zero attached hydrogens (tertiary/aromatic N) is 2. The molecule has 2 aromatic rings. The number of nitrogens with two attached hydrogens (primary N) is 1. The first-order valence-electron chi connectivity index (χ1n) is 5.71. The van der Waals surface area contributed by atoms with Crippen molar-refractivity contribution >= 4 is 28.8 Å². The van der Waals surface area contributed by atoms with Crippen molar-refractivity contribution in [3.05, 3.63) is 48.0 Å². The van der Waals surface area contributed by atoms with Crippen LogP contribution in [0.5, 0.6) is 0 Å². The predicted octanol–water partition coefficient (Wildman–Crippen LogP) is 1.50. The number of thiocarbonyl (C=S) groups is 1. The monoisotopic (exact) mass is 274 g/mol. The molecule has 0 fully saturated rings. The second-order valence-corrected chi connectivity index (χ2v) is 4.71. The van der Waals surface area contributed by atoms with Gasteiger partial charge in [0.1, 0.15) is 5.69 Å². The van der Waals surface area contributed by atoms with E-state index < -0.39 is 0 Å². The highest BCUT2D eigenvalue weighted by atomic mass is 32.1. The fourth-order valence-electron chi connectivity index (χ4n) is 1.68. The van der Waals surface area contributed by atoms with Gasteiger partial charge in [0.2, 0.25) is 0 Å². The van der Waals surface area contributed by atoms with E-state index in [0.717, 1.165) is 11.3 Å². The third-order valence-corrected chi connectivity index (χ3v) is 2.78. The first-order chi connectivity index (χ1) is 9.06. The zero-order chi connectivity index (χ0) is 13.8. The van der Waals surface area contributed by atoms with Gasteiger partial charge in [0.05, 0.1) is 17.5 Å². The van der Waals surface area contributed by atoms with Gasteiger partial charge in [-0.2, -0.15) is 0 Å². The summed E-state index contributed by atoms with van der Waals surface area (Å²) in [6, 6.07) is 7.42. The predicted molar refractivity (Wildman–Crippen MR) is 78.1 cm³/mol. The summed E-state index contributed by atoms with van der Waals surface area (Å²) in [5.74, 6) is -0.193. The van der Waals surface area contributed by atoms with E-state index in [0.29, 0.717) is 17.1 Å². The number of hydrogen-bond donors (Lipinski definition) is 2. The molecule has 0 aliphatic rings. The van der Waals surface area contributed by atoms with Crippen LogP contribution in [0.2, 0.25) is 0 Å². The van der Waals surface area contributed by atoms with Crippen LogP contribution >= 0.6 is 12.2 Å². The van der Waals surface area contributed by atoms with Gasteiger partial charge in [-0.25, -0.2) is 4.98 Å². The van der Waals surface area contributed by atoms with E-state index in [1.165, 1.54) is 6.20 Å². The zero-order valence-electron chi connectivity index (χ0n) is 10.5. The fraction of sp³-hybridized carbons (Fsp3) is 0.154. The van der Waals surface area contributed by atoms with Gasteiger partial charge < -0.3 is 15.6 Å². The third-order valence-electron chi connectivity index (χ3n) is 2.64. The first kappa shape index (κ1) is 13.2. The van der Waals surface area contributed by atoms with Crippen molar-refractivity contribution in [1.82, 2.24) is 9.55 Å². The summed E-state index contributed by atoms with van der Waals surface area (Å²) in [6.45, 7) is 0. The molecule has 19 heavy (non-hydrogen) atoms. The maximum Gasteiger partial charge on any atom is 0.273 e. The summed E-state index contributed by atoms with van der Waals surface area (Å²) >= 11 is 4.85. The summed E-state index contributed by atoms with van der Waals surface area (Å²) in [6.07, 6.45) is 3.67. The Kier molecular flexibility index (Phi) is 3.91. The second kappa shape index (κ2) is 5.62. The highest BCUT2D eigenvalue weighted by Crippen LogP contribution is 2.11. The average Bonchev–Trinajstić information content (AvgIpc) is 2.77. The van der Waals surface area contributed by atoms with Crippen LogP contribution in [0.25, 0.3) is 0 Å². The molecule has 0 unspecified atom stereocenters. The lowest BCUT2D eigenvalue weighted by molar-refractivity contribution is 0.101. The van der Waals surface area contributed by atoms with Crippen LogP contribution in [0.15, 0.2) is 36.8 Å². The van der Waals surface area contributed by atoms with E-state index in [1.54, 1.807) is 17.9 Å². The molecule has 0 spiro atoms. The summed E-state index contributed by atoms with van der Waals surface area (Å²) in [7, 11) is 1.77. The molecule has 6 heteroatoms. The molecule has 0 atom stereocenters. The summed E-state index contributed by atoms with van der Waals surface area (Å²) in [5, 5.41) is 2.80. The molecule has 1 aromatic heterocycles. The van der Waals surface area contributed by atoms with E-state index in [2.05, 4.69) is 10.3 Å². The molecule has 0 bridgehead atoms. The number of nitrogens with one attached hydrogen (secondary N) is 1. The number of aromatic nitrogens is 2. The lowest BCUT2D eigenvalue weighted by Gasteiger charge is -2.06. The third kappa shape index (κ3) is 3.38. The topological polar surface area (TPSA) is 72.9 Å². The highest BCUT2D eigenvalue weighted by molar-refractivity contribution is 7.80. The van der Waals surface area contributed by atoms with Crippen LogP contribution in [0.3, 0.4) is 0 Å². The number of amides is 1. The van der Waals surface area contributed by atoms with Crippen molar-refractivity contribution < 1.29 is 4.79 Å². The minimum atomic E-state index is -0.193. The molecule has 1 amide bonds. The first-order valence-corrected chi connectivity index (χ1v) is 6.12. The fourth-order valence-corrected chi connectivity index (χ4v) is 1.84. The number of carbonyl (C=O) groups is 1. The molecule has 98 valence electrons. The van der Waals surface area contributed by atoms with Crippen LogP contribution in [0, 0.1) is 0 Å². The van der Waals surface area contributed by atoms with E-state index >= 15 is 0 Å². The summed E-state index contributed by atoms with van der Waals surface area (Å²) in [5.41, 5.74) is 7.72. The Balaban J connectivity index is 2.06. The van der Waals surface area contributed by atoms with E-state index in [-0.39, 0.29) is 5.91 Å². The molecule has 2 rings (SSSR count). The van der Waals surface area contributed by atoms with Crippen molar-refractivity contribution in [1.29, 1.82) is 0 Å². The van der Waals surface area contributed by atoms with Gasteiger partial charge in [-0.15, -0.1) is 0 Å². The van der Waals surface area contributed by atoms with Crippen molar-refractivity contribution in [2.45, 2.75) is 6.42 Å². The van der Waals surface area contributed by atoms with Gasteiger partial charge in [0.25, 0.3) is 5.91 Å². The van der Waals surface area contributed by atoms with Crippen LogP contribution in [-0.4, -0.2) is 20.4 Å². The number of rotatable bonds is 4. The Morgan fingerprint density at radius 2 is 2.11 bits per heavy atom. The van der Waals surface area contributed by atoms with Gasteiger partial charge in [-0.05, 0) is 17.7 Å². The van der Waals surface area contributed by atoms with Crippen LogP contribution in [0.4, 0.5) is 5.69 Å². The maximum absolute atomic E-state index is 11.9. The van der Waals surface area contributed by atoms with Crippen LogP contribution in [-0.2, 0) is 13.5 Å². The van der Waals surface area contributed by atoms with E-state index in [1.807, 2.05) is 24.3 Å². The smallest absolute Gasteiger partial charge is 0.273 e. The Labute approximate surface area is 116 Å². The SMILES string of the molecule is Cn1cncc1C(=O)Nc1ccc(CC(N)=S)cc1. The molecule has 0 radical (unpaired) electrons. The Hall–Kier alpha value is -2.21. The molecule has 3 N–H and O–H groups in total. The van der Waals surface area contributed by atoms with Crippen molar-refractivity contribution in [2.24, 2.45) is 12.8 Å². The van der Waals surface area contributed by atoms with Crippen LogP contribution < -0.4 is 11.1 Å². The number of imidazole rings is 1. The summed E-state index contributed by atoms with van der Waals surface area (Å²) < 4.78 is 1.66. The Morgan fingerprint density at radius 1 is 1.42 bits per heavy atom. The molecular formula is C13H14N4OS. The molecule has 1 aromatic carbocycles. The molecule has 0 saturated heterocycles. The zero-order valence-corrected chi connectivity index (χ0v) is 11.3. The van der Waals surface area contributed by atoms with Gasteiger partial charge in [0, 0.05) is 19.2 Å². The van der Waals surface area contributed by atoms with Crippen LogP contribution in [0.1, 0.15) is 16.1 Å². The van der Waals surface area contributed by atoms with Crippen molar-refractivity contribution in [3.63, 3.8) is 0 Å². The lowest BCUT2D eigenvalue weighted by Crippen LogP contribution is -2.15. The van der Waals surface area contributed by atoms with E-state index in [9.17, 15) is 4.79 Å². The normalized spacial score (nSPS) is 10.2. The van der Waals surface area contributed by atoms with E-state index in [4.69, 9.17) is 18.0 Å². The molecule has 0 saturated carbocycles. The standard InChI is InChI=1S/C13H14N4OS/c1-17-8-15-7-11(17)13(18)16-10-4-2-9(3-5-10)6-12(14)19/h2-5,7-8H,6H2,1H3,(H2,14,19)(H,16,18). The largest absolute Gasteiger partial charge is 0.393 e. The van der Waals surface area contributed by atoms with Crippen molar-refractivity contribution in [3.8, 4) is 0 Å². The van der Waals surface area contributed by atoms with Gasteiger partial charge in [-0.1, -0.05) is 24.4 Å². The number of benzene rings is 1. The number of carbonyl (C=O) groups excluding carboxylic acids is 1. The maximum atomic E-state index is 11.9. The Morgan fingerprint density at radius 3 is 2.63 bits per heavy atom.